The molecule has 1 aliphatic rings. The van der Waals surface area contributed by atoms with Crippen molar-refractivity contribution in [1.29, 1.82) is 5.26 Å². The Morgan fingerprint density at radius 1 is 1.21 bits per heavy atom. The fourth-order valence-corrected chi connectivity index (χ4v) is 4.05. The van der Waals surface area contributed by atoms with Crippen LogP contribution in [0.1, 0.15) is 36.0 Å². The van der Waals surface area contributed by atoms with Crippen molar-refractivity contribution in [2.24, 2.45) is 0 Å². The monoisotopic (exact) mass is 405 g/mol. The molecule has 0 unspecified atom stereocenters. The van der Waals surface area contributed by atoms with Crippen LogP contribution in [0, 0.1) is 18.3 Å². The van der Waals surface area contributed by atoms with Crippen molar-refractivity contribution >= 4 is 29.3 Å². The van der Waals surface area contributed by atoms with E-state index in [0.29, 0.717) is 10.6 Å². The Labute approximate surface area is 175 Å². The first-order chi connectivity index (χ1) is 14.0. The Balaban J connectivity index is 1.73. The number of rotatable bonds is 6. The molecule has 0 saturated heterocycles. The zero-order valence-corrected chi connectivity index (χ0v) is 17.3. The fourth-order valence-electron chi connectivity index (χ4n) is 3.18. The van der Waals surface area contributed by atoms with Gasteiger partial charge in [-0.2, -0.15) is 5.26 Å². The van der Waals surface area contributed by atoms with Gasteiger partial charge in [0, 0.05) is 18.0 Å². The average Bonchev–Trinajstić information content (AvgIpc) is 2.73. The van der Waals surface area contributed by atoms with Gasteiger partial charge in [-0.05, 0) is 36.6 Å². The summed E-state index contributed by atoms with van der Waals surface area (Å²) in [4.78, 5) is 24.5. The van der Waals surface area contributed by atoms with Gasteiger partial charge in [0.2, 0.25) is 11.8 Å². The number of hydrogen-bond acceptors (Lipinski definition) is 4. The first-order valence-corrected chi connectivity index (χ1v) is 10.5. The number of nitrogens with zero attached hydrogens (tertiary/aromatic N) is 1. The first kappa shape index (κ1) is 20.7. The summed E-state index contributed by atoms with van der Waals surface area (Å²) in [6.45, 7) is 4.06. The zero-order valence-electron chi connectivity index (χ0n) is 16.5. The maximum absolute atomic E-state index is 12.3. The smallest absolute Gasteiger partial charge is 0.234 e. The van der Waals surface area contributed by atoms with Crippen molar-refractivity contribution in [2.45, 2.75) is 32.6 Å². The van der Waals surface area contributed by atoms with Crippen molar-refractivity contribution in [2.75, 3.05) is 11.1 Å². The third kappa shape index (κ3) is 5.27. The number of allylic oxidation sites excluding steroid dienone is 1. The lowest BCUT2D eigenvalue weighted by molar-refractivity contribution is -0.121. The van der Waals surface area contributed by atoms with Gasteiger partial charge in [-0.3, -0.25) is 9.59 Å². The summed E-state index contributed by atoms with van der Waals surface area (Å²) in [6, 6.07) is 17.8. The molecule has 0 bridgehead atoms. The number of thioether (sulfide) groups is 1. The summed E-state index contributed by atoms with van der Waals surface area (Å²) in [7, 11) is 0. The Kier molecular flexibility index (Phi) is 6.73. The summed E-state index contributed by atoms with van der Waals surface area (Å²) < 4.78 is 0. The van der Waals surface area contributed by atoms with Crippen molar-refractivity contribution in [1.82, 2.24) is 5.32 Å². The van der Waals surface area contributed by atoms with Gasteiger partial charge < -0.3 is 10.6 Å². The number of aryl methyl sites for hydroxylation is 2. The Morgan fingerprint density at radius 2 is 1.90 bits per heavy atom. The van der Waals surface area contributed by atoms with Gasteiger partial charge >= 0.3 is 0 Å². The van der Waals surface area contributed by atoms with E-state index in [-0.39, 0.29) is 29.9 Å². The molecule has 0 spiro atoms. The minimum atomic E-state index is -0.290. The molecule has 1 aliphatic heterocycles. The number of hydrogen-bond donors (Lipinski definition) is 2. The topological polar surface area (TPSA) is 82.0 Å². The molecule has 5 nitrogen and oxygen atoms in total. The Bertz CT molecular complexity index is 973. The Hall–Kier alpha value is -3.04. The molecular formula is C23H23N3O2S. The van der Waals surface area contributed by atoms with Crippen LogP contribution in [-0.4, -0.2) is 17.6 Å². The van der Waals surface area contributed by atoms with Crippen LogP contribution in [0.2, 0.25) is 0 Å². The van der Waals surface area contributed by atoms with Crippen LogP contribution in [0.15, 0.2) is 59.1 Å². The number of anilines is 1. The lowest BCUT2D eigenvalue weighted by atomic mass is 9.86. The molecule has 0 aliphatic carbocycles. The third-order valence-corrected chi connectivity index (χ3v) is 5.85. The van der Waals surface area contributed by atoms with Crippen molar-refractivity contribution in [3.63, 3.8) is 0 Å². The van der Waals surface area contributed by atoms with E-state index in [1.165, 1.54) is 17.3 Å². The van der Waals surface area contributed by atoms with Gasteiger partial charge in [-0.25, -0.2) is 0 Å². The minimum Gasteiger partial charge on any atom is -0.325 e. The molecule has 2 aromatic rings. The summed E-state index contributed by atoms with van der Waals surface area (Å²) >= 11 is 1.18. The van der Waals surface area contributed by atoms with E-state index < -0.39 is 0 Å². The first-order valence-electron chi connectivity index (χ1n) is 9.52. The van der Waals surface area contributed by atoms with Gasteiger partial charge in [0.15, 0.2) is 0 Å². The van der Waals surface area contributed by atoms with E-state index in [4.69, 9.17) is 0 Å². The second kappa shape index (κ2) is 9.44. The highest BCUT2D eigenvalue weighted by Crippen LogP contribution is 2.36. The average molecular weight is 406 g/mol. The molecule has 29 heavy (non-hydrogen) atoms. The van der Waals surface area contributed by atoms with Crippen LogP contribution < -0.4 is 10.6 Å². The van der Waals surface area contributed by atoms with E-state index in [2.05, 4.69) is 23.6 Å². The lowest BCUT2D eigenvalue weighted by Gasteiger charge is -2.25. The number of benzene rings is 2. The molecule has 3 rings (SSSR count). The van der Waals surface area contributed by atoms with Gasteiger partial charge in [-0.1, -0.05) is 60.6 Å². The molecular weight excluding hydrogens is 382 g/mol. The van der Waals surface area contributed by atoms with Gasteiger partial charge in [0.1, 0.15) is 0 Å². The molecule has 0 aromatic heterocycles. The summed E-state index contributed by atoms with van der Waals surface area (Å²) in [5.41, 5.74) is 4.48. The second-order valence-corrected chi connectivity index (χ2v) is 7.94. The molecule has 2 aromatic carbocycles. The van der Waals surface area contributed by atoms with Crippen LogP contribution in [0.3, 0.4) is 0 Å². The van der Waals surface area contributed by atoms with Crippen LogP contribution in [0.25, 0.3) is 0 Å². The van der Waals surface area contributed by atoms with E-state index in [9.17, 15) is 14.9 Å². The summed E-state index contributed by atoms with van der Waals surface area (Å²) in [6.07, 6.45) is 1.16. The van der Waals surface area contributed by atoms with Gasteiger partial charge in [0.05, 0.1) is 22.4 Å². The van der Waals surface area contributed by atoms with Crippen LogP contribution in [0.5, 0.6) is 0 Å². The minimum absolute atomic E-state index is 0.107. The molecule has 6 heteroatoms. The van der Waals surface area contributed by atoms with E-state index in [0.717, 1.165) is 23.2 Å². The van der Waals surface area contributed by atoms with E-state index >= 15 is 0 Å². The predicted octanol–water partition coefficient (Wildman–Crippen LogP) is 4.27. The molecule has 2 amide bonds. The molecule has 2 N–H and O–H groups in total. The normalized spacial score (nSPS) is 16.2. The second-order valence-electron chi connectivity index (χ2n) is 6.96. The zero-order chi connectivity index (χ0) is 20.8. The van der Waals surface area contributed by atoms with Crippen molar-refractivity contribution in [3.8, 4) is 6.07 Å². The highest BCUT2D eigenvalue weighted by atomic mass is 32.2. The SMILES string of the molecule is CCc1ccc([C@@H]2CC(=O)NC(SCC(=O)Nc3ccc(C)cc3)=C2C#N)cc1. The highest BCUT2D eigenvalue weighted by Gasteiger charge is 2.29. The quantitative estimate of drug-likeness (QED) is 0.752. The molecule has 148 valence electrons. The van der Waals surface area contributed by atoms with E-state index in [1.54, 1.807) is 0 Å². The molecule has 0 radical (unpaired) electrons. The number of carbonyl (C=O) groups is 2. The third-order valence-electron chi connectivity index (χ3n) is 4.83. The molecule has 0 fully saturated rings. The largest absolute Gasteiger partial charge is 0.325 e. The van der Waals surface area contributed by atoms with Crippen molar-refractivity contribution < 1.29 is 9.59 Å². The molecule has 1 heterocycles. The van der Waals surface area contributed by atoms with Gasteiger partial charge in [0.25, 0.3) is 0 Å². The number of nitrogens with one attached hydrogen (secondary N) is 2. The standard InChI is InChI=1S/C23H23N3O2S/c1-3-16-6-8-17(9-7-16)19-12-21(27)26-23(20(19)13-24)29-14-22(28)25-18-10-4-15(2)5-11-18/h4-11,19H,3,12,14H2,1-2H3,(H,25,28)(H,26,27)/t19-/m0/s1. The fraction of sp³-hybridized carbons (Fsp3) is 0.261. The van der Waals surface area contributed by atoms with Gasteiger partial charge in [-0.15, -0.1) is 0 Å². The Morgan fingerprint density at radius 3 is 2.52 bits per heavy atom. The number of carbonyl (C=O) groups excluding carboxylic acids is 2. The molecule has 0 saturated carbocycles. The number of amides is 2. The molecule has 1 atom stereocenters. The van der Waals surface area contributed by atoms with Crippen LogP contribution in [-0.2, 0) is 16.0 Å². The highest BCUT2D eigenvalue weighted by molar-refractivity contribution is 8.03. The maximum atomic E-state index is 12.3. The van der Waals surface area contributed by atoms with Crippen LogP contribution in [0.4, 0.5) is 5.69 Å². The summed E-state index contributed by atoms with van der Waals surface area (Å²) in [5, 5.41) is 15.8. The number of nitriles is 1. The van der Waals surface area contributed by atoms with Crippen molar-refractivity contribution in [3.05, 3.63) is 75.8 Å². The van der Waals surface area contributed by atoms with E-state index in [1.807, 2.05) is 55.5 Å². The van der Waals surface area contributed by atoms with Crippen LogP contribution >= 0.6 is 11.8 Å². The lowest BCUT2D eigenvalue weighted by Crippen LogP contribution is -2.31. The maximum Gasteiger partial charge on any atom is 0.234 e. The summed E-state index contributed by atoms with van der Waals surface area (Å²) in [5.74, 6) is -0.513. The predicted molar refractivity (Wildman–Crippen MR) is 116 cm³/mol.